The van der Waals surface area contributed by atoms with E-state index >= 15 is 0 Å². The molecule has 4 aromatic carbocycles. The van der Waals surface area contributed by atoms with E-state index in [1.165, 1.54) is 6.21 Å². The average molecular weight is 579 g/mol. The van der Waals surface area contributed by atoms with Crippen molar-refractivity contribution in [2.45, 2.75) is 6.61 Å². The van der Waals surface area contributed by atoms with Gasteiger partial charge >= 0.3 is 5.69 Å². The Morgan fingerprint density at radius 2 is 1.56 bits per heavy atom. The number of hydrogen-bond donors (Lipinski definition) is 1. The number of benzene rings is 4. The quantitative estimate of drug-likeness (QED) is 0.267. The van der Waals surface area contributed by atoms with Crippen molar-refractivity contribution >= 4 is 59.7 Å². The minimum atomic E-state index is -0.604. The third-order valence-electron chi connectivity index (χ3n) is 5.38. The van der Waals surface area contributed by atoms with Crippen molar-refractivity contribution in [3.8, 4) is 5.75 Å². The molecule has 5 rings (SSSR count). The smallest absolute Gasteiger partial charge is 0.349 e. The number of hydrogen-bond acceptors (Lipinski definition) is 4. The van der Waals surface area contributed by atoms with Gasteiger partial charge in [0.25, 0.3) is 5.56 Å². The maximum atomic E-state index is 12.7. The van der Waals surface area contributed by atoms with Gasteiger partial charge in [0.1, 0.15) is 12.4 Å². The van der Waals surface area contributed by atoms with Gasteiger partial charge in [0.15, 0.2) is 0 Å². The van der Waals surface area contributed by atoms with E-state index in [1.807, 2.05) is 36.4 Å². The second-order valence-corrected chi connectivity index (χ2v) is 9.29. The van der Waals surface area contributed by atoms with E-state index in [0.717, 1.165) is 21.0 Å². The zero-order valence-electron chi connectivity index (χ0n) is 17.7. The maximum absolute atomic E-state index is 12.7. The average Bonchev–Trinajstić information content (AvgIpc) is 2.83. The summed E-state index contributed by atoms with van der Waals surface area (Å²) in [7, 11) is 0. The van der Waals surface area contributed by atoms with Crippen molar-refractivity contribution in [1.29, 1.82) is 0 Å². The Kier molecular flexibility index (Phi) is 6.17. The van der Waals surface area contributed by atoms with Crippen molar-refractivity contribution in [3.63, 3.8) is 0 Å². The summed E-state index contributed by atoms with van der Waals surface area (Å²) in [5, 5.41) is 6.81. The summed E-state index contributed by atoms with van der Waals surface area (Å²) >= 11 is 7.11. The van der Waals surface area contributed by atoms with Gasteiger partial charge in [-0.05, 0) is 78.0 Å². The Hall–Kier alpha value is -3.49. The summed E-state index contributed by atoms with van der Waals surface area (Å²) in [6, 6.07) is 24.8. The van der Waals surface area contributed by atoms with Gasteiger partial charge in [0.2, 0.25) is 0 Å². The van der Waals surface area contributed by atoms with Gasteiger partial charge in [-0.25, -0.2) is 4.79 Å². The number of rotatable bonds is 5. The third-order valence-corrected chi connectivity index (χ3v) is 6.56. The van der Waals surface area contributed by atoms with Crippen molar-refractivity contribution in [3.05, 3.63) is 120 Å². The first kappa shape index (κ1) is 22.3. The number of H-pyrrole nitrogens is 1. The lowest BCUT2D eigenvalue weighted by Crippen LogP contribution is -2.32. The van der Waals surface area contributed by atoms with E-state index < -0.39 is 11.2 Å². The van der Waals surface area contributed by atoms with Crippen LogP contribution < -0.4 is 16.0 Å². The fourth-order valence-corrected chi connectivity index (χ4v) is 5.19. The van der Waals surface area contributed by atoms with E-state index in [-0.39, 0.29) is 0 Å². The molecule has 0 unspecified atom stereocenters. The van der Waals surface area contributed by atoms with Crippen LogP contribution in [0.3, 0.4) is 0 Å². The number of aromatic nitrogens is 2. The van der Waals surface area contributed by atoms with Crippen LogP contribution in [-0.4, -0.2) is 15.9 Å². The van der Waals surface area contributed by atoms with Crippen molar-refractivity contribution < 1.29 is 4.74 Å². The summed E-state index contributed by atoms with van der Waals surface area (Å²) in [6.07, 6.45) is 1.45. The normalized spacial score (nSPS) is 11.5. The van der Waals surface area contributed by atoms with E-state index in [2.05, 4.69) is 60.1 Å². The van der Waals surface area contributed by atoms with Crippen LogP contribution >= 0.6 is 31.9 Å². The molecule has 0 saturated heterocycles. The molecule has 8 heteroatoms. The highest BCUT2D eigenvalue weighted by Gasteiger charge is 2.11. The SMILES string of the molecule is O=c1[nH]c2ccccc2c(=O)n1N=Cc1cc(Br)c(OCc2cccc3ccccc23)c(Br)c1. The van der Waals surface area contributed by atoms with Crippen LogP contribution in [0, 0.1) is 0 Å². The molecule has 0 saturated carbocycles. The minimum Gasteiger partial charge on any atom is -0.487 e. The molecule has 0 aliphatic heterocycles. The zero-order chi connectivity index (χ0) is 23.7. The Morgan fingerprint density at radius 1 is 0.882 bits per heavy atom. The summed E-state index contributed by atoms with van der Waals surface area (Å²) < 4.78 is 8.35. The van der Waals surface area contributed by atoms with Crippen LogP contribution in [0.1, 0.15) is 11.1 Å². The van der Waals surface area contributed by atoms with Crippen LogP contribution in [0.4, 0.5) is 0 Å². The van der Waals surface area contributed by atoms with Crippen LogP contribution in [0.2, 0.25) is 0 Å². The molecule has 1 N–H and O–H groups in total. The van der Waals surface area contributed by atoms with Gasteiger partial charge in [-0.3, -0.25) is 4.79 Å². The van der Waals surface area contributed by atoms with Crippen LogP contribution in [0.25, 0.3) is 21.7 Å². The first-order valence-corrected chi connectivity index (χ1v) is 12.0. The molecule has 0 aliphatic rings. The zero-order valence-corrected chi connectivity index (χ0v) is 20.8. The van der Waals surface area contributed by atoms with E-state index in [9.17, 15) is 9.59 Å². The highest BCUT2D eigenvalue weighted by Crippen LogP contribution is 2.35. The van der Waals surface area contributed by atoms with Crippen LogP contribution in [-0.2, 0) is 6.61 Å². The van der Waals surface area contributed by atoms with Gasteiger partial charge < -0.3 is 9.72 Å². The molecule has 0 bridgehead atoms. The molecule has 5 aromatic rings. The number of para-hydroxylation sites is 1. The molecule has 6 nitrogen and oxygen atoms in total. The molecule has 0 spiro atoms. The molecule has 168 valence electrons. The molecule has 1 heterocycles. The summed E-state index contributed by atoms with van der Waals surface area (Å²) in [5.41, 5.74) is 1.15. The first-order valence-electron chi connectivity index (χ1n) is 10.4. The van der Waals surface area contributed by atoms with Crippen molar-refractivity contribution in [2.24, 2.45) is 5.10 Å². The summed E-state index contributed by atoms with van der Waals surface area (Å²) in [4.78, 5) is 27.7. The van der Waals surface area contributed by atoms with Crippen molar-refractivity contribution in [2.75, 3.05) is 0 Å². The number of nitrogens with zero attached hydrogens (tertiary/aromatic N) is 2. The second kappa shape index (κ2) is 9.40. The topological polar surface area (TPSA) is 76.5 Å². The van der Waals surface area contributed by atoms with Gasteiger partial charge in [0, 0.05) is 0 Å². The van der Waals surface area contributed by atoms with E-state index in [0.29, 0.717) is 37.8 Å². The molecule has 0 aliphatic carbocycles. The molecule has 0 amide bonds. The summed E-state index contributed by atoms with van der Waals surface area (Å²) in [6.45, 7) is 0.397. The lowest BCUT2D eigenvalue weighted by atomic mass is 10.1. The number of ether oxygens (including phenoxy) is 1. The highest BCUT2D eigenvalue weighted by atomic mass is 79.9. The lowest BCUT2D eigenvalue weighted by Gasteiger charge is -2.13. The van der Waals surface area contributed by atoms with Gasteiger partial charge in [-0.15, -0.1) is 4.68 Å². The second-order valence-electron chi connectivity index (χ2n) is 7.58. The Balaban J connectivity index is 1.42. The maximum Gasteiger partial charge on any atom is 0.349 e. The molecule has 34 heavy (non-hydrogen) atoms. The number of nitrogens with one attached hydrogen (secondary N) is 1. The molecule has 0 atom stereocenters. The predicted molar refractivity (Wildman–Crippen MR) is 142 cm³/mol. The Labute approximate surface area is 210 Å². The third kappa shape index (κ3) is 4.34. The largest absolute Gasteiger partial charge is 0.487 e. The molecule has 0 radical (unpaired) electrons. The van der Waals surface area contributed by atoms with Crippen LogP contribution in [0.5, 0.6) is 5.75 Å². The fraction of sp³-hybridized carbons (Fsp3) is 0.0385. The number of halogens is 2. The van der Waals surface area contributed by atoms with Crippen LogP contribution in [0.15, 0.2) is 102 Å². The molecular weight excluding hydrogens is 562 g/mol. The van der Waals surface area contributed by atoms with Gasteiger partial charge in [-0.1, -0.05) is 54.6 Å². The fourth-order valence-electron chi connectivity index (χ4n) is 3.74. The molecule has 0 fully saturated rings. The molecule has 1 aromatic heterocycles. The minimum absolute atomic E-state index is 0.388. The Morgan fingerprint density at radius 3 is 2.35 bits per heavy atom. The Bertz CT molecular complexity index is 1660. The first-order chi connectivity index (χ1) is 16.5. The van der Waals surface area contributed by atoms with Gasteiger partial charge in [0.05, 0.1) is 26.1 Å². The van der Waals surface area contributed by atoms with E-state index in [1.54, 1.807) is 24.3 Å². The monoisotopic (exact) mass is 577 g/mol. The molecular formula is C26H17Br2N3O3. The van der Waals surface area contributed by atoms with Crippen molar-refractivity contribution in [1.82, 2.24) is 9.66 Å². The van der Waals surface area contributed by atoms with E-state index in [4.69, 9.17) is 4.74 Å². The highest BCUT2D eigenvalue weighted by molar-refractivity contribution is 9.11. The summed E-state index contributed by atoms with van der Waals surface area (Å²) in [5.74, 6) is 0.644. The lowest BCUT2D eigenvalue weighted by molar-refractivity contribution is 0.303. The number of aromatic amines is 1. The van der Waals surface area contributed by atoms with Gasteiger partial charge in [-0.2, -0.15) is 5.10 Å². The number of fused-ring (bicyclic) bond motifs is 2. The predicted octanol–water partition coefficient (Wildman–Crippen LogP) is 5.83. The standard InChI is InChI=1S/C26H17Br2N3O3/c27-21-12-16(14-29-31-25(32)20-10-3-4-11-23(20)30-26(31)33)13-22(28)24(21)34-15-18-8-5-7-17-6-1-2-9-19(17)18/h1-14H,15H2,(H,30,33).